The van der Waals surface area contributed by atoms with Crippen molar-refractivity contribution >= 4 is 48.2 Å². The third-order valence-corrected chi connectivity index (χ3v) is 6.31. The summed E-state index contributed by atoms with van der Waals surface area (Å²) in [6.07, 6.45) is 0. The summed E-state index contributed by atoms with van der Waals surface area (Å²) in [4.78, 5) is -0.446. The Morgan fingerprint density at radius 3 is 2.35 bits per heavy atom. The average Bonchev–Trinajstić information content (AvgIpc) is 2.45. The SMILES string of the molecule is CN(c1ccc2cc(S(=O)(=O)O)cc(O)c2c1)S(=O)(=O)CCCl. The van der Waals surface area contributed by atoms with Gasteiger partial charge < -0.3 is 5.11 Å². The Labute approximate surface area is 138 Å². The van der Waals surface area contributed by atoms with E-state index in [0.717, 1.165) is 10.4 Å². The van der Waals surface area contributed by atoms with Gasteiger partial charge in [0.15, 0.2) is 0 Å². The molecule has 0 atom stereocenters. The molecule has 0 unspecified atom stereocenters. The lowest BCUT2D eigenvalue weighted by Crippen LogP contribution is -2.29. The Morgan fingerprint density at radius 1 is 1.13 bits per heavy atom. The fourth-order valence-electron chi connectivity index (χ4n) is 2.04. The quantitative estimate of drug-likeness (QED) is 0.605. The van der Waals surface area contributed by atoms with Gasteiger partial charge in [0.1, 0.15) is 5.75 Å². The molecule has 0 aliphatic heterocycles. The van der Waals surface area contributed by atoms with Crippen LogP contribution in [-0.4, -0.2) is 45.2 Å². The van der Waals surface area contributed by atoms with Gasteiger partial charge in [0.2, 0.25) is 10.0 Å². The van der Waals surface area contributed by atoms with Crippen molar-refractivity contribution < 1.29 is 26.5 Å². The summed E-state index contributed by atoms with van der Waals surface area (Å²) < 4.78 is 56.4. The topological polar surface area (TPSA) is 112 Å². The van der Waals surface area contributed by atoms with Gasteiger partial charge in [0, 0.05) is 24.4 Å². The fourth-order valence-corrected chi connectivity index (χ4v) is 4.06. The van der Waals surface area contributed by atoms with E-state index in [9.17, 15) is 21.9 Å². The number of phenolic OH excluding ortho intramolecular Hbond substituents is 1. The van der Waals surface area contributed by atoms with Crippen LogP contribution in [-0.2, 0) is 20.1 Å². The zero-order valence-corrected chi connectivity index (χ0v) is 14.4. The maximum absolute atomic E-state index is 12.0. The molecule has 0 heterocycles. The molecule has 126 valence electrons. The second-order valence-corrected chi connectivity index (χ2v) is 8.71. The third kappa shape index (κ3) is 3.69. The number of benzene rings is 2. The lowest BCUT2D eigenvalue weighted by Gasteiger charge is -2.19. The van der Waals surface area contributed by atoms with Crippen LogP contribution in [0.4, 0.5) is 5.69 Å². The minimum Gasteiger partial charge on any atom is -0.507 e. The number of phenols is 1. The van der Waals surface area contributed by atoms with Crippen molar-refractivity contribution in [2.24, 2.45) is 0 Å². The molecule has 0 aromatic heterocycles. The Balaban J connectivity index is 2.58. The van der Waals surface area contributed by atoms with Crippen LogP contribution in [0.15, 0.2) is 35.2 Å². The standard InChI is InChI=1S/C13H14ClNO6S2/c1-15(22(17,18)5-4-14)10-3-2-9-6-11(23(19,20)21)8-13(16)12(9)7-10/h2-3,6-8,16H,4-5H2,1H3,(H,19,20,21). The summed E-state index contributed by atoms with van der Waals surface area (Å²) in [6, 6.07) is 6.40. The summed E-state index contributed by atoms with van der Waals surface area (Å²) in [5.74, 6) is -0.680. The van der Waals surface area contributed by atoms with Gasteiger partial charge in [0.05, 0.1) is 16.3 Å². The number of aromatic hydroxyl groups is 1. The Bertz CT molecular complexity index is 956. The summed E-state index contributed by atoms with van der Waals surface area (Å²) >= 11 is 5.47. The number of hydrogen-bond donors (Lipinski definition) is 2. The number of alkyl halides is 1. The fraction of sp³-hybridized carbons (Fsp3) is 0.231. The molecular formula is C13H14ClNO6S2. The van der Waals surface area contributed by atoms with Gasteiger partial charge in [0.25, 0.3) is 10.1 Å². The first-order valence-corrected chi connectivity index (χ1v) is 9.91. The molecule has 10 heteroatoms. The van der Waals surface area contributed by atoms with E-state index in [1.165, 1.54) is 31.3 Å². The molecule has 2 N–H and O–H groups in total. The van der Waals surface area contributed by atoms with E-state index < -0.39 is 25.0 Å². The first-order chi connectivity index (χ1) is 10.6. The number of fused-ring (bicyclic) bond motifs is 1. The minimum atomic E-state index is -4.45. The predicted molar refractivity (Wildman–Crippen MR) is 88.3 cm³/mol. The summed E-state index contributed by atoms with van der Waals surface area (Å²) in [6.45, 7) is 0. The number of halogens is 1. The van der Waals surface area contributed by atoms with E-state index in [2.05, 4.69) is 0 Å². The van der Waals surface area contributed by atoms with Gasteiger partial charge in [-0.05, 0) is 23.6 Å². The molecular weight excluding hydrogens is 366 g/mol. The smallest absolute Gasteiger partial charge is 0.294 e. The molecule has 0 aliphatic rings. The molecule has 2 rings (SSSR count). The highest BCUT2D eigenvalue weighted by Crippen LogP contribution is 2.32. The van der Waals surface area contributed by atoms with E-state index in [-0.39, 0.29) is 28.5 Å². The van der Waals surface area contributed by atoms with Gasteiger partial charge >= 0.3 is 0 Å². The van der Waals surface area contributed by atoms with Crippen LogP contribution in [0.25, 0.3) is 10.8 Å². The minimum absolute atomic E-state index is 0.0524. The van der Waals surface area contributed by atoms with Crippen LogP contribution < -0.4 is 4.31 Å². The van der Waals surface area contributed by atoms with Crippen molar-refractivity contribution in [3.8, 4) is 5.75 Å². The molecule has 2 aromatic carbocycles. The van der Waals surface area contributed by atoms with E-state index in [1.54, 1.807) is 0 Å². The highest BCUT2D eigenvalue weighted by molar-refractivity contribution is 7.92. The van der Waals surface area contributed by atoms with Crippen molar-refractivity contribution in [1.29, 1.82) is 0 Å². The van der Waals surface area contributed by atoms with Gasteiger partial charge in [-0.2, -0.15) is 8.42 Å². The van der Waals surface area contributed by atoms with Crippen LogP contribution in [0, 0.1) is 0 Å². The lowest BCUT2D eigenvalue weighted by molar-refractivity contribution is 0.471. The van der Waals surface area contributed by atoms with Gasteiger partial charge in [-0.1, -0.05) is 6.07 Å². The van der Waals surface area contributed by atoms with Crippen molar-refractivity contribution in [2.75, 3.05) is 23.0 Å². The van der Waals surface area contributed by atoms with Crippen LogP contribution in [0.2, 0.25) is 0 Å². The molecule has 23 heavy (non-hydrogen) atoms. The second-order valence-electron chi connectivity index (χ2n) is 4.80. The molecule has 0 aliphatic carbocycles. The number of nitrogens with zero attached hydrogens (tertiary/aromatic N) is 1. The Hall–Kier alpha value is -1.55. The van der Waals surface area contributed by atoms with E-state index in [4.69, 9.17) is 16.2 Å². The maximum atomic E-state index is 12.0. The number of anilines is 1. The van der Waals surface area contributed by atoms with Crippen LogP contribution in [0.1, 0.15) is 0 Å². The molecule has 0 saturated carbocycles. The Kier molecular flexibility index (Phi) is 4.76. The third-order valence-electron chi connectivity index (χ3n) is 3.30. The van der Waals surface area contributed by atoms with Crippen molar-refractivity contribution in [2.45, 2.75) is 4.90 Å². The zero-order chi connectivity index (χ0) is 17.4. The molecule has 0 spiro atoms. The average molecular weight is 380 g/mol. The monoisotopic (exact) mass is 379 g/mol. The normalized spacial score (nSPS) is 12.5. The summed E-state index contributed by atoms with van der Waals surface area (Å²) in [5, 5.41) is 10.6. The zero-order valence-electron chi connectivity index (χ0n) is 12.0. The molecule has 0 amide bonds. The number of rotatable bonds is 5. The first-order valence-electron chi connectivity index (χ1n) is 6.33. The van der Waals surface area contributed by atoms with Crippen molar-refractivity contribution in [3.05, 3.63) is 30.3 Å². The molecule has 2 aromatic rings. The summed E-state index contributed by atoms with van der Waals surface area (Å²) in [7, 11) is -6.69. The van der Waals surface area contributed by atoms with Crippen LogP contribution in [0.3, 0.4) is 0 Å². The highest BCUT2D eigenvalue weighted by atomic mass is 35.5. The van der Waals surface area contributed by atoms with Crippen molar-refractivity contribution in [3.63, 3.8) is 0 Å². The van der Waals surface area contributed by atoms with E-state index >= 15 is 0 Å². The number of sulfonamides is 1. The number of hydrogen-bond acceptors (Lipinski definition) is 5. The lowest BCUT2D eigenvalue weighted by atomic mass is 10.1. The predicted octanol–water partition coefficient (Wildman–Crippen LogP) is 1.80. The molecule has 0 bridgehead atoms. The first kappa shape index (κ1) is 17.8. The Morgan fingerprint density at radius 2 is 1.78 bits per heavy atom. The van der Waals surface area contributed by atoms with E-state index in [1.807, 2.05) is 0 Å². The largest absolute Gasteiger partial charge is 0.507 e. The molecule has 0 radical (unpaired) electrons. The van der Waals surface area contributed by atoms with Crippen LogP contribution >= 0.6 is 11.6 Å². The van der Waals surface area contributed by atoms with Gasteiger partial charge in [-0.15, -0.1) is 11.6 Å². The van der Waals surface area contributed by atoms with Crippen molar-refractivity contribution in [1.82, 2.24) is 0 Å². The van der Waals surface area contributed by atoms with Gasteiger partial charge in [-0.25, -0.2) is 8.42 Å². The maximum Gasteiger partial charge on any atom is 0.294 e. The van der Waals surface area contributed by atoms with E-state index in [0.29, 0.717) is 5.39 Å². The second kappa shape index (κ2) is 6.16. The molecule has 7 nitrogen and oxygen atoms in total. The van der Waals surface area contributed by atoms with Crippen LogP contribution in [0.5, 0.6) is 5.75 Å². The molecule has 0 fully saturated rings. The summed E-state index contributed by atoms with van der Waals surface area (Å²) in [5.41, 5.74) is 0.289. The highest BCUT2D eigenvalue weighted by Gasteiger charge is 2.19. The van der Waals surface area contributed by atoms with Gasteiger partial charge in [-0.3, -0.25) is 8.86 Å². The molecule has 0 saturated heterocycles.